The van der Waals surface area contributed by atoms with Gasteiger partial charge in [0.1, 0.15) is 0 Å². The van der Waals surface area contributed by atoms with Crippen LogP contribution in [0.1, 0.15) is 19.8 Å². The number of ketones is 1. The van der Waals surface area contributed by atoms with Crippen LogP contribution in [0.2, 0.25) is 0 Å². The molecule has 1 aliphatic carbocycles. The highest BCUT2D eigenvalue weighted by Crippen LogP contribution is 2.24. The molecule has 0 saturated carbocycles. The van der Waals surface area contributed by atoms with Crippen LogP contribution in [-0.2, 0) is 4.79 Å². The molecule has 0 aromatic rings. The van der Waals surface area contributed by atoms with Crippen LogP contribution in [-0.4, -0.2) is 10.6 Å². The Morgan fingerprint density at radius 3 is 2.78 bits per heavy atom. The molecule has 1 rings (SSSR count). The summed E-state index contributed by atoms with van der Waals surface area (Å²) in [6.45, 7) is 1.62. The second kappa shape index (κ2) is 2.65. The molecule has 0 aromatic heterocycles. The Labute approximate surface area is 63.3 Å². The van der Waals surface area contributed by atoms with E-state index >= 15 is 0 Å². The standard InChI is InChI=1S/C7H9BrO/c1-5(9)6-2-3-7(8)4-6/h4,7H,2-3H2,1H3. The largest absolute Gasteiger partial charge is 0.295 e. The molecule has 0 N–H and O–H groups in total. The first-order valence-electron chi connectivity index (χ1n) is 3.06. The highest BCUT2D eigenvalue weighted by molar-refractivity contribution is 9.09. The first-order chi connectivity index (χ1) is 4.20. The fourth-order valence-corrected chi connectivity index (χ4v) is 1.52. The maximum atomic E-state index is 10.7. The summed E-state index contributed by atoms with van der Waals surface area (Å²) in [6.07, 6.45) is 4.03. The smallest absolute Gasteiger partial charge is 0.155 e. The van der Waals surface area contributed by atoms with E-state index < -0.39 is 0 Å². The van der Waals surface area contributed by atoms with Crippen molar-refractivity contribution in [1.82, 2.24) is 0 Å². The third-order valence-electron chi connectivity index (χ3n) is 1.52. The van der Waals surface area contributed by atoms with Gasteiger partial charge in [-0.15, -0.1) is 0 Å². The summed E-state index contributed by atoms with van der Waals surface area (Å²) in [5.41, 5.74) is 0.983. The Morgan fingerprint density at radius 1 is 1.89 bits per heavy atom. The quantitative estimate of drug-likeness (QED) is 0.577. The van der Waals surface area contributed by atoms with Gasteiger partial charge in [-0.3, -0.25) is 4.79 Å². The number of hydrogen-bond donors (Lipinski definition) is 0. The number of hydrogen-bond acceptors (Lipinski definition) is 1. The van der Waals surface area contributed by atoms with Gasteiger partial charge in [-0.05, 0) is 25.3 Å². The van der Waals surface area contributed by atoms with Crippen molar-refractivity contribution in [3.63, 3.8) is 0 Å². The normalized spacial score (nSPS) is 26.0. The van der Waals surface area contributed by atoms with Crippen LogP contribution < -0.4 is 0 Å². The molecule has 0 spiro atoms. The van der Waals surface area contributed by atoms with Crippen molar-refractivity contribution in [3.8, 4) is 0 Å². The van der Waals surface area contributed by atoms with Crippen LogP contribution in [0.3, 0.4) is 0 Å². The van der Waals surface area contributed by atoms with E-state index in [1.165, 1.54) is 0 Å². The Morgan fingerprint density at radius 2 is 2.56 bits per heavy atom. The molecule has 0 aliphatic heterocycles. The number of allylic oxidation sites excluding steroid dienone is 2. The summed E-state index contributed by atoms with van der Waals surface area (Å²) in [5.74, 6) is 0.219. The molecule has 1 nitrogen and oxygen atoms in total. The maximum absolute atomic E-state index is 10.7. The molecule has 2 heteroatoms. The third-order valence-corrected chi connectivity index (χ3v) is 2.25. The van der Waals surface area contributed by atoms with E-state index in [4.69, 9.17) is 0 Å². The molecule has 1 atom stereocenters. The predicted octanol–water partition coefficient (Wildman–Crippen LogP) is 2.06. The van der Waals surface area contributed by atoms with Crippen LogP contribution in [0.15, 0.2) is 11.6 Å². The second-order valence-corrected chi connectivity index (χ2v) is 3.48. The number of halogens is 1. The highest BCUT2D eigenvalue weighted by atomic mass is 79.9. The van der Waals surface area contributed by atoms with Gasteiger partial charge in [-0.1, -0.05) is 22.0 Å². The predicted molar refractivity (Wildman–Crippen MR) is 40.7 cm³/mol. The van der Waals surface area contributed by atoms with Crippen molar-refractivity contribution >= 4 is 21.7 Å². The van der Waals surface area contributed by atoms with Gasteiger partial charge in [0.2, 0.25) is 0 Å². The van der Waals surface area contributed by atoms with Crippen molar-refractivity contribution in [3.05, 3.63) is 11.6 Å². The first-order valence-corrected chi connectivity index (χ1v) is 3.97. The zero-order chi connectivity index (χ0) is 6.85. The lowest BCUT2D eigenvalue weighted by atomic mass is 10.2. The lowest BCUT2D eigenvalue weighted by Gasteiger charge is -1.88. The molecule has 0 amide bonds. The lowest BCUT2D eigenvalue weighted by Crippen LogP contribution is -1.90. The van der Waals surface area contributed by atoms with Crippen LogP contribution in [0.25, 0.3) is 0 Å². The molecule has 50 valence electrons. The van der Waals surface area contributed by atoms with Crippen LogP contribution in [0.5, 0.6) is 0 Å². The van der Waals surface area contributed by atoms with Gasteiger partial charge in [0.25, 0.3) is 0 Å². The summed E-state index contributed by atoms with van der Waals surface area (Å²) in [5, 5.41) is 0. The summed E-state index contributed by atoms with van der Waals surface area (Å²) >= 11 is 3.42. The molecule has 9 heavy (non-hydrogen) atoms. The zero-order valence-electron chi connectivity index (χ0n) is 5.36. The highest BCUT2D eigenvalue weighted by Gasteiger charge is 2.14. The third kappa shape index (κ3) is 1.65. The summed E-state index contributed by atoms with van der Waals surface area (Å²) < 4.78 is 0. The van der Waals surface area contributed by atoms with Crippen molar-refractivity contribution in [1.29, 1.82) is 0 Å². The SMILES string of the molecule is CC(=O)C1=CC(Br)CC1. The van der Waals surface area contributed by atoms with Crippen molar-refractivity contribution in [2.75, 3.05) is 0 Å². The van der Waals surface area contributed by atoms with Gasteiger partial charge >= 0.3 is 0 Å². The van der Waals surface area contributed by atoms with Crippen LogP contribution in [0.4, 0.5) is 0 Å². The van der Waals surface area contributed by atoms with Crippen molar-refractivity contribution in [2.45, 2.75) is 24.6 Å². The maximum Gasteiger partial charge on any atom is 0.155 e. The van der Waals surface area contributed by atoms with E-state index in [0.29, 0.717) is 4.83 Å². The molecular formula is C7H9BrO. The van der Waals surface area contributed by atoms with Crippen LogP contribution >= 0.6 is 15.9 Å². The van der Waals surface area contributed by atoms with E-state index in [2.05, 4.69) is 15.9 Å². The van der Waals surface area contributed by atoms with E-state index in [1.54, 1.807) is 6.92 Å². The average molecular weight is 189 g/mol. The minimum Gasteiger partial charge on any atom is -0.295 e. The van der Waals surface area contributed by atoms with Crippen molar-refractivity contribution in [2.24, 2.45) is 0 Å². The number of carbonyl (C=O) groups is 1. The number of alkyl halides is 1. The molecular weight excluding hydrogens is 180 g/mol. The van der Waals surface area contributed by atoms with Crippen LogP contribution in [0, 0.1) is 0 Å². The minimum absolute atomic E-state index is 0.219. The van der Waals surface area contributed by atoms with Crippen molar-refractivity contribution < 1.29 is 4.79 Å². The molecule has 0 fully saturated rings. The molecule has 0 radical (unpaired) electrons. The Kier molecular flexibility index (Phi) is 2.06. The number of carbonyl (C=O) groups excluding carboxylic acids is 1. The van der Waals surface area contributed by atoms with E-state index in [-0.39, 0.29) is 5.78 Å². The summed E-state index contributed by atoms with van der Waals surface area (Å²) in [7, 11) is 0. The molecule has 0 aromatic carbocycles. The first kappa shape index (κ1) is 7.00. The van der Waals surface area contributed by atoms with E-state index in [9.17, 15) is 4.79 Å². The fraction of sp³-hybridized carbons (Fsp3) is 0.571. The monoisotopic (exact) mass is 188 g/mol. The van der Waals surface area contributed by atoms with E-state index in [1.807, 2.05) is 6.08 Å². The molecule has 1 unspecified atom stereocenters. The minimum atomic E-state index is 0.219. The summed E-state index contributed by atoms with van der Waals surface area (Å²) in [4.78, 5) is 11.1. The number of Topliss-reactive ketones (excluding diaryl/α,β-unsaturated/α-hetero) is 1. The molecule has 0 heterocycles. The van der Waals surface area contributed by atoms with Gasteiger partial charge in [0.15, 0.2) is 5.78 Å². The molecule has 0 saturated heterocycles. The van der Waals surface area contributed by atoms with Gasteiger partial charge in [0, 0.05) is 4.83 Å². The Bertz CT molecular complexity index is 160. The molecule has 0 bridgehead atoms. The van der Waals surface area contributed by atoms with Gasteiger partial charge in [-0.2, -0.15) is 0 Å². The Balaban J connectivity index is 2.62. The number of rotatable bonds is 1. The zero-order valence-corrected chi connectivity index (χ0v) is 6.94. The topological polar surface area (TPSA) is 17.1 Å². The van der Waals surface area contributed by atoms with Gasteiger partial charge in [-0.25, -0.2) is 0 Å². The van der Waals surface area contributed by atoms with Gasteiger partial charge in [0.05, 0.1) is 0 Å². The van der Waals surface area contributed by atoms with Gasteiger partial charge < -0.3 is 0 Å². The Hall–Kier alpha value is -0.110. The molecule has 1 aliphatic rings. The summed E-state index contributed by atoms with van der Waals surface area (Å²) in [6, 6.07) is 0. The lowest BCUT2D eigenvalue weighted by molar-refractivity contribution is -0.113. The second-order valence-electron chi connectivity index (χ2n) is 2.30. The fourth-order valence-electron chi connectivity index (χ4n) is 0.972. The average Bonchev–Trinajstić information content (AvgIpc) is 2.14. The van der Waals surface area contributed by atoms with E-state index in [0.717, 1.165) is 18.4 Å².